The summed E-state index contributed by atoms with van der Waals surface area (Å²) in [6.07, 6.45) is 10.5. The van der Waals surface area contributed by atoms with E-state index < -0.39 is 0 Å². The first kappa shape index (κ1) is 24.0. The summed E-state index contributed by atoms with van der Waals surface area (Å²) < 4.78 is 1.74. The number of allylic oxidation sites excluding steroid dienone is 3. The van der Waals surface area contributed by atoms with Crippen molar-refractivity contribution in [1.82, 2.24) is 0 Å². The van der Waals surface area contributed by atoms with Crippen LogP contribution in [0.15, 0.2) is 53.6 Å². The Morgan fingerprint density at radius 2 is 1.25 bits per heavy atom. The quantitative estimate of drug-likeness (QED) is 0.282. The average molecular weight is 429 g/mol. The molecule has 0 spiro atoms. The summed E-state index contributed by atoms with van der Waals surface area (Å²) in [5.74, 6) is 9.31. The highest BCUT2D eigenvalue weighted by atomic mass is 15.3. The molecule has 1 N–H and O–H groups in total. The van der Waals surface area contributed by atoms with E-state index in [2.05, 4.69) is 84.0 Å². The van der Waals surface area contributed by atoms with Crippen LogP contribution in [0.3, 0.4) is 0 Å². The number of aryl methyl sites for hydroxylation is 4. The number of benzene rings is 2. The van der Waals surface area contributed by atoms with Gasteiger partial charge in [0.05, 0.1) is 5.57 Å². The maximum Gasteiger partial charge on any atom is 0.215 e. The maximum absolute atomic E-state index is 9.31. The molecule has 0 saturated heterocycles. The Balaban J connectivity index is 2.24. The van der Waals surface area contributed by atoms with Crippen molar-refractivity contribution < 1.29 is 4.68 Å². The molecule has 0 aromatic heterocycles. The van der Waals surface area contributed by atoms with Crippen molar-refractivity contribution >= 4 is 11.4 Å². The second-order valence-corrected chi connectivity index (χ2v) is 9.48. The number of unbranched alkanes of at least 4 members (excludes halogenated alkanes) is 4. The first-order valence-corrected chi connectivity index (χ1v) is 12.3. The highest BCUT2D eigenvalue weighted by Gasteiger charge is 2.35. The van der Waals surface area contributed by atoms with E-state index in [-0.39, 0.29) is 0 Å². The van der Waals surface area contributed by atoms with E-state index in [0.29, 0.717) is 0 Å². The van der Waals surface area contributed by atoms with Crippen molar-refractivity contribution in [1.29, 1.82) is 0 Å². The van der Waals surface area contributed by atoms with Gasteiger partial charge >= 0.3 is 0 Å². The molecule has 0 atom stereocenters. The summed E-state index contributed by atoms with van der Waals surface area (Å²) in [7, 11) is 0. The van der Waals surface area contributed by atoms with Crippen LogP contribution < -0.4 is 0 Å². The first-order chi connectivity index (χ1) is 15.3. The molecule has 2 heteroatoms. The van der Waals surface area contributed by atoms with E-state index in [1.54, 1.807) is 4.68 Å². The minimum Gasteiger partial charge on any atom is -0.448 e. The van der Waals surface area contributed by atoms with Gasteiger partial charge in [0.15, 0.2) is 0 Å². The maximum atomic E-state index is 9.31. The van der Waals surface area contributed by atoms with Gasteiger partial charge in [-0.2, -0.15) is 0 Å². The van der Waals surface area contributed by atoms with Crippen molar-refractivity contribution in [2.45, 2.75) is 86.5 Å². The average Bonchev–Trinajstić information content (AvgIpc) is 2.99. The molecular weight excluding hydrogens is 388 g/mol. The van der Waals surface area contributed by atoms with Crippen LogP contribution in [0.25, 0.3) is 11.5 Å². The summed E-state index contributed by atoms with van der Waals surface area (Å²) >= 11 is 0. The Morgan fingerprint density at radius 3 is 1.78 bits per heavy atom. The third-order valence-corrected chi connectivity index (χ3v) is 6.24. The van der Waals surface area contributed by atoms with Crippen LogP contribution in [-0.2, 0) is 0 Å². The molecule has 32 heavy (non-hydrogen) atoms. The second kappa shape index (κ2) is 10.8. The summed E-state index contributed by atoms with van der Waals surface area (Å²) in [5.41, 5.74) is 12.1. The van der Waals surface area contributed by atoms with Gasteiger partial charge in [-0.1, -0.05) is 73.6 Å². The zero-order chi connectivity index (χ0) is 23.3. The van der Waals surface area contributed by atoms with Crippen LogP contribution in [0.2, 0.25) is 0 Å². The lowest BCUT2D eigenvalue weighted by molar-refractivity contribution is -0.347. The molecule has 0 bridgehead atoms. The fourth-order valence-corrected chi connectivity index (χ4v) is 4.92. The van der Waals surface area contributed by atoms with Crippen molar-refractivity contribution in [3.63, 3.8) is 0 Å². The molecule has 2 nitrogen and oxygen atoms in total. The van der Waals surface area contributed by atoms with Crippen LogP contribution in [-0.4, -0.2) is 10.4 Å². The summed E-state index contributed by atoms with van der Waals surface area (Å²) in [5, 5.41) is 0. The van der Waals surface area contributed by atoms with Crippen LogP contribution in [0, 0.1) is 27.7 Å². The topological polar surface area (TPSA) is 26.8 Å². The van der Waals surface area contributed by atoms with Crippen molar-refractivity contribution in [3.05, 3.63) is 92.8 Å². The monoisotopic (exact) mass is 428 g/mol. The zero-order valence-corrected chi connectivity index (χ0v) is 20.9. The van der Waals surface area contributed by atoms with Gasteiger partial charge in [0.25, 0.3) is 0 Å². The summed E-state index contributed by atoms with van der Waals surface area (Å²) in [4.78, 5) is 0. The SMILES string of the molecule is CCCCCC=C1C(CCCC)=C(c2cc(C)cc(C)c2)[N+]([NH-])=C1c1cc(C)cc(C)c1. The van der Waals surface area contributed by atoms with Gasteiger partial charge in [-0.15, -0.1) is 0 Å². The number of rotatable bonds is 9. The molecule has 2 aromatic carbocycles. The van der Waals surface area contributed by atoms with Gasteiger partial charge in [-0.3, -0.25) is 0 Å². The first-order valence-electron chi connectivity index (χ1n) is 12.3. The molecule has 0 saturated carbocycles. The van der Waals surface area contributed by atoms with E-state index in [1.807, 2.05) is 0 Å². The lowest BCUT2D eigenvalue weighted by Crippen LogP contribution is -2.12. The number of hydrogen-bond donors (Lipinski definition) is 0. The van der Waals surface area contributed by atoms with Crippen molar-refractivity contribution in [2.24, 2.45) is 0 Å². The van der Waals surface area contributed by atoms with E-state index in [1.165, 1.54) is 58.2 Å². The van der Waals surface area contributed by atoms with Gasteiger partial charge in [0.1, 0.15) is 0 Å². The number of nitrogens with one attached hydrogen (secondary N) is 1. The van der Waals surface area contributed by atoms with Crippen molar-refractivity contribution in [3.8, 4) is 0 Å². The third kappa shape index (κ3) is 5.41. The number of hydrogen-bond acceptors (Lipinski definition) is 0. The number of nitrogens with zero attached hydrogens (tertiary/aromatic N) is 1. The summed E-state index contributed by atoms with van der Waals surface area (Å²) in [6.45, 7) is 13.1. The van der Waals surface area contributed by atoms with E-state index in [4.69, 9.17) is 0 Å². The Morgan fingerprint density at radius 1 is 0.719 bits per heavy atom. The normalized spacial score (nSPS) is 15.4. The summed E-state index contributed by atoms with van der Waals surface area (Å²) in [6, 6.07) is 13.4. The van der Waals surface area contributed by atoms with Crippen LogP contribution in [0.4, 0.5) is 0 Å². The molecule has 1 heterocycles. The molecule has 170 valence electrons. The molecular formula is C30H40N2. The Bertz CT molecular complexity index is 1030. The molecule has 0 unspecified atom stereocenters. The molecule has 0 amide bonds. The van der Waals surface area contributed by atoms with Gasteiger partial charge in [0.2, 0.25) is 11.4 Å². The third-order valence-electron chi connectivity index (χ3n) is 6.24. The Labute approximate surface area is 195 Å². The zero-order valence-electron chi connectivity index (χ0n) is 20.9. The standard InChI is InChI=1S/C30H40N2/c1-7-9-11-12-14-28-27(13-10-8-2)29(25-17-21(3)15-22(4)18-25)32(31)30(28)26-19-23(5)16-24(6)20-26/h14-20,31H,7-13H2,1-6H3. The minimum absolute atomic E-state index is 1.02. The predicted molar refractivity (Wildman–Crippen MR) is 139 cm³/mol. The molecule has 3 rings (SSSR count). The minimum atomic E-state index is 1.02. The highest BCUT2D eigenvalue weighted by Crippen LogP contribution is 2.38. The fraction of sp³-hybridized carbons (Fsp3) is 0.433. The van der Waals surface area contributed by atoms with Crippen molar-refractivity contribution in [2.75, 3.05) is 0 Å². The van der Waals surface area contributed by atoms with E-state index >= 15 is 0 Å². The Hall–Kier alpha value is -2.61. The van der Waals surface area contributed by atoms with Gasteiger partial charge in [0, 0.05) is 16.7 Å². The smallest absolute Gasteiger partial charge is 0.215 e. The molecule has 2 aromatic rings. The second-order valence-electron chi connectivity index (χ2n) is 9.48. The van der Waals surface area contributed by atoms with Gasteiger partial charge in [-0.25, -0.2) is 4.68 Å². The van der Waals surface area contributed by atoms with Crippen LogP contribution in [0.5, 0.6) is 0 Å². The van der Waals surface area contributed by atoms with E-state index in [9.17, 15) is 5.84 Å². The molecule has 1 aliphatic heterocycles. The largest absolute Gasteiger partial charge is 0.448 e. The lowest BCUT2D eigenvalue weighted by Gasteiger charge is -2.10. The molecule has 1 aliphatic rings. The Kier molecular flexibility index (Phi) is 8.12. The lowest BCUT2D eigenvalue weighted by atomic mass is 9.90. The van der Waals surface area contributed by atoms with Gasteiger partial charge in [-0.05, 0) is 77.6 Å². The van der Waals surface area contributed by atoms with Crippen LogP contribution in [0.1, 0.15) is 92.2 Å². The fourth-order valence-electron chi connectivity index (χ4n) is 4.92. The highest BCUT2D eigenvalue weighted by molar-refractivity contribution is 6.16. The molecule has 0 fully saturated rings. The van der Waals surface area contributed by atoms with Gasteiger partial charge < -0.3 is 5.84 Å². The predicted octanol–water partition coefficient (Wildman–Crippen LogP) is 8.81. The molecule has 0 radical (unpaired) electrons. The van der Waals surface area contributed by atoms with E-state index in [0.717, 1.165) is 42.7 Å². The van der Waals surface area contributed by atoms with Crippen LogP contribution >= 0.6 is 0 Å². The molecule has 0 aliphatic carbocycles.